The minimum atomic E-state index is -4.59. The van der Waals surface area contributed by atoms with Crippen molar-refractivity contribution in [1.82, 2.24) is 5.32 Å². The highest BCUT2D eigenvalue weighted by Crippen LogP contribution is 2.29. The Bertz CT molecular complexity index is 872. The first-order valence-electron chi connectivity index (χ1n) is 7.47. The molecule has 0 fully saturated rings. The number of rotatable bonds is 5. The molecule has 2 rings (SSSR count). The number of carbonyl (C=O) groups excluding carboxylic acids is 2. The Kier molecular flexibility index (Phi) is 5.62. The Balaban J connectivity index is 2.18. The highest BCUT2D eigenvalue weighted by molar-refractivity contribution is 5.97. The van der Waals surface area contributed by atoms with Crippen molar-refractivity contribution < 1.29 is 22.8 Å². The Labute approximate surface area is 147 Å². The largest absolute Gasteiger partial charge is 0.416 e. The lowest BCUT2D eigenvalue weighted by Crippen LogP contribution is -2.45. The van der Waals surface area contributed by atoms with Crippen molar-refractivity contribution in [3.05, 3.63) is 70.8 Å². The molecule has 0 heterocycles. The van der Waals surface area contributed by atoms with Crippen molar-refractivity contribution in [2.45, 2.75) is 18.6 Å². The summed E-state index contributed by atoms with van der Waals surface area (Å²) in [5.74, 6) is -1.69. The smallest absolute Gasteiger partial charge is 0.368 e. The molecule has 0 aliphatic carbocycles. The third kappa shape index (κ3) is 4.83. The number of hydrogen-bond acceptors (Lipinski definition) is 3. The lowest BCUT2D eigenvalue weighted by molar-refractivity contribution is -0.137. The molecule has 0 radical (unpaired) electrons. The maximum absolute atomic E-state index is 12.7. The van der Waals surface area contributed by atoms with Gasteiger partial charge in [0.1, 0.15) is 6.04 Å². The van der Waals surface area contributed by atoms with Crippen LogP contribution in [-0.4, -0.2) is 17.9 Å². The molecule has 2 aromatic carbocycles. The van der Waals surface area contributed by atoms with Gasteiger partial charge < -0.3 is 11.1 Å². The van der Waals surface area contributed by atoms with E-state index in [1.807, 2.05) is 6.07 Å². The molecule has 0 aliphatic rings. The molecule has 0 spiro atoms. The highest BCUT2D eigenvalue weighted by atomic mass is 19.4. The number of nitriles is 1. The summed E-state index contributed by atoms with van der Waals surface area (Å²) in [5, 5.41) is 11.2. The third-order valence-corrected chi connectivity index (χ3v) is 3.60. The highest BCUT2D eigenvalue weighted by Gasteiger charge is 2.31. The Morgan fingerprint density at radius 3 is 2.46 bits per heavy atom. The molecule has 0 aromatic heterocycles. The predicted octanol–water partition coefficient (Wildman–Crippen LogP) is 2.40. The van der Waals surface area contributed by atoms with E-state index in [-0.39, 0.29) is 12.0 Å². The number of primary amides is 1. The Hall–Kier alpha value is -3.34. The van der Waals surface area contributed by atoms with Crippen LogP contribution in [0, 0.1) is 11.3 Å². The second-order valence-electron chi connectivity index (χ2n) is 5.52. The SMILES string of the molecule is N#Cc1cccc(C[C@@H](NC(=O)c2cccc(C(F)(F)F)c2)C(N)=O)c1. The predicted molar refractivity (Wildman–Crippen MR) is 86.8 cm³/mol. The number of nitrogens with one attached hydrogen (secondary N) is 1. The molecule has 8 heteroatoms. The topological polar surface area (TPSA) is 96.0 Å². The van der Waals surface area contributed by atoms with Crippen LogP contribution in [0.4, 0.5) is 13.2 Å². The fourth-order valence-electron chi connectivity index (χ4n) is 2.30. The minimum absolute atomic E-state index is 0.00948. The molecule has 2 aromatic rings. The molecule has 0 unspecified atom stereocenters. The van der Waals surface area contributed by atoms with Gasteiger partial charge in [-0.2, -0.15) is 18.4 Å². The van der Waals surface area contributed by atoms with E-state index in [0.29, 0.717) is 17.2 Å². The summed E-state index contributed by atoms with van der Waals surface area (Å²) in [6, 6.07) is 11.0. The fraction of sp³-hybridized carbons (Fsp3) is 0.167. The molecular formula is C18H14F3N3O2. The zero-order valence-electron chi connectivity index (χ0n) is 13.4. The van der Waals surface area contributed by atoms with Crippen molar-refractivity contribution in [1.29, 1.82) is 5.26 Å². The number of hydrogen-bond donors (Lipinski definition) is 2. The van der Waals surface area contributed by atoms with Gasteiger partial charge in [-0.05, 0) is 35.9 Å². The van der Waals surface area contributed by atoms with Crippen LogP contribution in [0.3, 0.4) is 0 Å². The maximum atomic E-state index is 12.7. The molecule has 5 nitrogen and oxygen atoms in total. The second kappa shape index (κ2) is 7.70. The van der Waals surface area contributed by atoms with Gasteiger partial charge in [0.25, 0.3) is 5.91 Å². The van der Waals surface area contributed by atoms with Crippen LogP contribution in [0.15, 0.2) is 48.5 Å². The van der Waals surface area contributed by atoms with Crippen molar-refractivity contribution >= 4 is 11.8 Å². The van der Waals surface area contributed by atoms with E-state index in [4.69, 9.17) is 11.0 Å². The van der Waals surface area contributed by atoms with Crippen molar-refractivity contribution in [3.8, 4) is 6.07 Å². The zero-order chi connectivity index (χ0) is 19.3. The van der Waals surface area contributed by atoms with Gasteiger partial charge in [-0.3, -0.25) is 9.59 Å². The van der Waals surface area contributed by atoms with Crippen molar-refractivity contribution in [2.75, 3.05) is 0 Å². The molecule has 134 valence electrons. The first kappa shape index (κ1) is 19.0. The van der Waals surface area contributed by atoms with E-state index >= 15 is 0 Å². The van der Waals surface area contributed by atoms with Crippen LogP contribution in [0.25, 0.3) is 0 Å². The first-order valence-corrected chi connectivity index (χ1v) is 7.47. The number of benzene rings is 2. The van der Waals surface area contributed by atoms with Crippen LogP contribution in [0.2, 0.25) is 0 Å². The molecule has 3 N–H and O–H groups in total. The summed E-state index contributed by atoms with van der Waals surface area (Å²) >= 11 is 0. The lowest BCUT2D eigenvalue weighted by atomic mass is 10.0. The number of nitrogens with zero attached hydrogens (tertiary/aromatic N) is 1. The monoisotopic (exact) mass is 361 g/mol. The summed E-state index contributed by atoms with van der Waals surface area (Å²) in [4.78, 5) is 23.8. The van der Waals surface area contributed by atoms with E-state index in [2.05, 4.69) is 5.32 Å². The normalized spacial score (nSPS) is 12.1. The van der Waals surface area contributed by atoms with Crippen molar-refractivity contribution in [2.24, 2.45) is 5.73 Å². The molecule has 2 amide bonds. The van der Waals surface area contributed by atoms with Crippen molar-refractivity contribution in [3.63, 3.8) is 0 Å². The van der Waals surface area contributed by atoms with Crippen LogP contribution >= 0.6 is 0 Å². The third-order valence-electron chi connectivity index (χ3n) is 3.60. The standard InChI is InChI=1S/C18H14F3N3O2/c19-18(20,21)14-6-2-5-13(9-14)17(26)24-15(16(23)25)8-11-3-1-4-12(7-11)10-22/h1-7,9,15H,8H2,(H2,23,25)(H,24,26)/t15-/m1/s1. The van der Waals surface area contributed by atoms with Gasteiger partial charge >= 0.3 is 6.18 Å². The fourth-order valence-corrected chi connectivity index (χ4v) is 2.30. The number of nitrogens with two attached hydrogens (primary N) is 1. The van der Waals surface area contributed by atoms with Gasteiger partial charge in [-0.25, -0.2) is 0 Å². The van der Waals surface area contributed by atoms with E-state index < -0.39 is 29.6 Å². The lowest BCUT2D eigenvalue weighted by Gasteiger charge is -2.16. The van der Waals surface area contributed by atoms with Gasteiger partial charge in [0, 0.05) is 12.0 Å². The zero-order valence-corrected chi connectivity index (χ0v) is 13.4. The molecule has 1 atom stereocenters. The van der Waals surface area contributed by atoms with Gasteiger partial charge in [-0.1, -0.05) is 18.2 Å². The average Bonchev–Trinajstić information content (AvgIpc) is 2.60. The van der Waals surface area contributed by atoms with Crippen LogP contribution in [0.1, 0.15) is 27.0 Å². The molecular weight excluding hydrogens is 347 g/mol. The first-order chi connectivity index (χ1) is 12.2. The van der Waals surface area contributed by atoms with Gasteiger partial charge in [0.05, 0.1) is 17.2 Å². The number of amides is 2. The molecule has 0 saturated carbocycles. The summed E-state index contributed by atoms with van der Waals surface area (Å²) in [6.07, 6.45) is -4.58. The summed E-state index contributed by atoms with van der Waals surface area (Å²) in [5.41, 5.74) is 5.02. The Morgan fingerprint density at radius 1 is 1.15 bits per heavy atom. The number of halogens is 3. The van der Waals surface area contributed by atoms with E-state index in [9.17, 15) is 22.8 Å². The van der Waals surface area contributed by atoms with Gasteiger partial charge in [0.2, 0.25) is 5.91 Å². The van der Waals surface area contributed by atoms with E-state index in [1.165, 1.54) is 12.1 Å². The van der Waals surface area contributed by atoms with Crippen LogP contribution in [0.5, 0.6) is 0 Å². The number of carbonyl (C=O) groups is 2. The Morgan fingerprint density at radius 2 is 1.85 bits per heavy atom. The second-order valence-corrected chi connectivity index (χ2v) is 5.52. The molecule has 0 saturated heterocycles. The molecule has 0 bridgehead atoms. The summed E-state index contributed by atoms with van der Waals surface area (Å²) in [6.45, 7) is 0. The molecule has 0 aliphatic heterocycles. The average molecular weight is 361 g/mol. The summed E-state index contributed by atoms with van der Waals surface area (Å²) in [7, 11) is 0. The summed E-state index contributed by atoms with van der Waals surface area (Å²) < 4.78 is 38.2. The van der Waals surface area contributed by atoms with Crippen LogP contribution in [-0.2, 0) is 17.4 Å². The van der Waals surface area contributed by atoms with E-state index in [0.717, 1.165) is 12.1 Å². The maximum Gasteiger partial charge on any atom is 0.416 e. The van der Waals surface area contributed by atoms with E-state index in [1.54, 1.807) is 18.2 Å². The number of alkyl halides is 3. The van der Waals surface area contributed by atoms with Crippen LogP contribution < -0.4 is 11.1 Å². The quantitative estimate of drug-likeness (QED) is 0.856. The minimum Gasteiger partial charge on any atom is -0.368 e. The molecule has 26 heavy (non-hydrogen) atoms. The van der Waals surface area contributed by atoms with Gasteiger partial charge in [-0.15, -0.1) is 0 Å². The van der Waals surface area contributed by atoms with Gasteiger partial charge in [0.15, 0.2) is 0 Å².